The van der Waals surface area contributed by atoms with Gasteiger partial charge in [-0.25, -0.2) is 4.79 Å². The van der Waals surface area contributed by atoms with Gasteiger partial charge in [-0.1, -0.05) is 12.1 Å². The smallest absolute Gasteiger partial charge is 0.321 e. The van der Waals surface area contributed by atoms with E-state index in [4.69, 9.17) is 0 Å². The number of urea groups is 1. The highest BCUT2D eigenvalue weighted by Crippen LogP contribution is 2.17. The van der Waals surface area contributed by atoms with Crippen LogP contribution in [0.25, 0.3) is 0 Å². The number of nitrogens with one attached hydrogen (secondary N) is 2. The summed E-state index contributed by atoms with van der Waals surface area (Å²) in [6.45, 7) is 4.47. The van der Waals surface area contributed by atoms with Crippen molar-refractivity contribution in [2.24, 2.45) is 0 Å². The normalized spacial score (nSPS) is 20.1. The summed E-state index contributed by atoms with van der Waals surface area (Å²) in [6, 6.07) is 8.15. The van der Waals surface area contributed by atoms with Gasteiger partial charge in [0.15, 0.2) is 0 Å². The third-order valence-electron chi connectivity index (χ3n) is 2.77. The molecule has 17 heavy (non-hydrogen) atoms. The van der Waals surface area contributed by atoms with Crippen LogP contribution in [0, 0.1) is 3.57 Å². The van der Waals surface area contributed by atoms with Crippen molar-refractivity contribution in [1.29, 1.82) is 0 Å². The zero-order valence-electron chi connectivity index (χ0n) is 9.74. The summed E-state index contributed by atoms with van der Waals surface area (Å²) >= 11 is 2.22. The maximum Gasteiger partial charge on any atom is 0.321 e. The summed E-state index contributed by atoms with van der Waals surface area (Å²) in [5.41, 5.74) is 0.879. The van der Waals surface area contributed by atoms with Crippen LogP contribution in [-0.4, -0.2) is 36.6 Å². The van der Waals surface area contributed by atoms with Gasteiger partial charge in [0.05, 0.1) is 5.69 Å². The van der Waals surface area contributed by atoms with E-state index < -0.39 is 0 Å². The molecule has 1 heterocycles. The minimum Gasteiger partial charge on any atom is -0.322 e. The van der Waals surface area contributed by atoms with Crippen LogP contribution < -0.4 is 10.6 Å². The van der Waals surface area contributed by atoms with Crippen LogP contribution in [-0.2, 0) is 0 Å². The van der Waals surface area contributed by atoms with E-state index in [1.54, 1.807) is 0 Å². The summed E-state index contributed by atoms with van der Waals surface area (Å²) in [5.74, 6) is 0. The second-order valence-corrected chi connectivity index (χ2v) is 5.37. The van der Waals surface area contributed by atoms with E-state index in [9.17, 15) is 4.79 Å². The average Bonchev–Trinajstić information content (AvgIpc) is 2.32. The predicted molar refractivity (Wildman–Crippen MR) is 77.2 cm³/mol. The van der Waals surface area contributed by atoms with Crippen LogP contribution in [0.4, 0.5) is 10.5 Å². The summed E-state index contributed by atoms with van der Waals surface area (Å²) in [4.78, 5) is 13.9. The van der Waals surface area contributed by atoms with Gasteiger partial charge in [-0.15, -0.1) is 0 Å². The van der Waals surface area contributed by atoms with Gasteiger partial charge in [0.1, 0.15) is 0 Å². The third kappa shape index (κ3) is 3.32. The van der Waals surface area contributed by atoms with Gasteiger partial charge in [-0.3, -0.25) is 0 Å². The first-order chi connectivity index (χ1) is 8.16. The number of anilines is 1. The highest BCUT2D eigenvalue weighted by molar-refractivity contribution is 14.1. The summed E-state index contributed by atoms with van der Waals surface area (Å²) in [5, 5.41) is 6.27. The largest absolute Gasteiger partial charge is 0.322 e. The molecule has 1 fully saturated rings. The molecule has 0 spiro atoms. The molecule has 1 aliphatic rings. The maximum atomic E-state index is 12.0. The lowest BCUT2D eigenvalue weighted by molar-refractivity contribution is 0.192. The van der Waals surface area contributed by atoms with E-state index in [-0.39, 0.29) is 6.03 Å². The van der Waals surface area contributed by atoms with Gasteiger partial charge in [-0.05, 0) is 41.6 Å². The molecule has 4 nitrogen and oxygen atoms in total. The zero-order valence-corrected chi connectivity index (χ0v) is 11.9. The van der Waals surface area contributed by atoms with Crippen molar-refractivity contribution in [2.45, 2.75) is 13.0 Å². The number of carbonyl (C=O) groups excluding carboxylic acids is 1. The number of hydrogen-bond donors (Lipinski definition) is 2. The van der Waals surface area contributed by atoms with E-state index in [1.807, 2.05) is 29.2 Å². The third-order valence-corrected chi connectivity index (χ3v) is 3.71. The molecule has 1 atom stereocenters. The standard InChI is InChI=1S/C12H16IN3O/c1-9-8-16(7-6-14-9)12(17)15-11-5-3-2-4-10(11)13/h2-5,9,14H,6-8H2,1H3,(H,15,17)/t9-/m0/s1. The molecular formula is C12H16IN3O. The SMILES string of the molecule is C[C@H]1CN(C(=O)Nc2ccccc2I)CCN1. The van der Waals surface area contributed by atoms with Crippen LogP contribution in [0.1, 0.15) is 6.92 Å². The van der Waals surface area contributed by atoms with Crippen molar-refractivity contribution in [3.8, 4) is 0 Å². The molecule has 0 unspecified atom stereocenters. The van der Waals surface area contributed by atoms with Crippen LogP contribution in [0.15, 0.2) is 24.3 Å². The predicted octanol–water partition coefficient (Wildman–Crippen LogP) is 2.12. The lowest BCUT2D eigenvalue weighted by Crippen LogP contribution is -2.52. The molecule has 1 aliphatic heterocycles. The molecule has 0 aromatic heterocycles. The number of rotatable bonds is 1. The summed E-state index contributed by atoms with van der Waals surface area (Å²) in [6.07, 6.45) is 0. The Labute approximate surface area is 115 Å². The summed E-state index contributed by atoms with van der Waals surface area (Å²) < 4.78 is 1.06. The Balaban J connectivity index is 1.99. The number of para-hydroxylation sites is 1. The van der Waals surface area contributed by atoms with Crippen LogP contribution in [0.2, 0.25) is 0 Å². The maximum absolute atomic E-state index is 12.0. The molecule has 5 heteroatoms. The quantitative estimate of drug-likeness (QED) is 0.766. The van der Waals surface area contributed by atoms with E-state index >= 15 is 0 Å². The number of carbonyl (C=O) groups is 1. The summed E-state index contributed by atoms with van der Waals surface area (Å²) in [7, 11) is 0. The number of amides is 2. The van der Waals surface area contributed by atoms with Crippen molar-refractivity contribution in [1.82, 2.24) is 10.2 Å². The zero-order chi connectivity index (χ0) is 12.3. The van der Waals surface area contributed by atoms with Gasteiger partial charge < -0.3 is 15.5 Å². The molecule has 2 rings (SSSR count). The van der Waals surface area contributed by atoms with Crippen molar-refractivity contribution in [2.75, 3.05) is 25.0 Å². The lowest BCUT2D eigenvalue weighted by Gasteiger charge is -2.31. The first kappa shape index (κ1) is 12.6. The van der Waals surface area contributed by atoms with E-state index in [2.05, 4.69) is 40.1 Å². The minimum absolute atomic E-state index is 0.0116. The Bertz CT molecular complexity index is 410. The van der Waals surface area contributed by atoms with E-state index in [0.717, 1.165) is 28.9 Å². The first-order valence-electron chi connectivity index (χ1n) is 5.70. The van der Waals surface area contributed by atoms with E-state index in [1.165, 1.54) is 0 Å². The highest BCUT2D eigenvalue weighted by atomic mass is 127. The van der Waals surface area contributed by atoms with Crippen LogP contribution in [0.5, 0.6) is 0 Å². The van der Waals surface area contributed by atoms with Crippen LogP contribution in [0.3, 0.4) is 0 Å². The number of nitrogens with zero attached hydrogens (tertiary/aromatic N) is 1. The Hall–Kier alpha value is -0.820. The molecule has 0 saturated carbocycles. The fraction of sp³-hybridized carbons (Fsp3) is 0.417. The van der Waals surface area contributed by atoms with Gasteiger partial charge in [0.2, 0.25) is 0 Å². The minimum atomic E-state index is -0.0116. The van der Waals surface area contributed by atoms with Crippen molar-refractivity contribution < 1.29 is 4.79 Å². The number of piperazine rings is 1. The molecule has 2 N–H and O–H groups in total. The Kier molecular flexibility index (Phi) is 4.22. The Morgan fingerprint density at radius 3 is 3.00 bits per heavy atom. The van der Waals surface area contributed by atoms with E-state index in [0.29, 0.717) is 6.04 Å². The second kappa shape index (κ2) is 5.68. The topological polar surface area (TPSA) is 44.4 Å². The Morgan fingerprint density at radius 1 is 1.53 bits per heavy atom. The molecule has 1 saturated heterocycles. The number of hydrogen-bond acceptors (Lipinski definition) is 2. The number of benzene rings is 1. The molecule has 0 radical (unpaired) electrons. The fourth-order valence-corrected chi connectivity index (χ4v) is 2.40. The average molecular weight is 345 g/mol. The molecule has 1 aromatic carbocycles. The van der Waals surface area contributed by atoms with Gasteiger partial charge in [0.25, 0.3) is 0 Å². The molecule has 2 amide bonds. The van der Waals surface area contributed by atoms with Crippen LogP contribution >= 0.6 is 22.6 Å². The van der Waals surface area contributed by atoms with Crippen molar-refractivity contribution >= 4 is 34.3 Å². The van der Waals surface area contributed by atoms with Gasteiger partial charge in [0, 0.05) is 29.2 Å². The van der Waals surface area contributed by atoms with Gasteiger partial charge >= 0.3 is 6.03 Å². The fourth-order valence-electron chi connectivity index (χ4n) is 1.87. The number of halogens is 1. The van der Waals surface area contributed by atoms with Gasteiger partial charge in [-0.2, -0.15) is 0 Å². The lowest BCUT2D eigenvalue weighted by atomic mass is 10.2. The second-order valence-electron chi connectivity index (χ2n) is 4.21. The molecule has 0 aliphatic carbocycles. The van der Waals surface area contributed by atoms with Crippen molar-refractivity contribution in [3.63, 3.8) is 0 Å². The van der Waals surface area contributed by atoms with Crippen molar-refractivity contribution in [3.05, 3.63) is 27.8 Å². The monoisotopic (exact) mass is 345 g/mol. The molecular weight excluding hydrogens is 329 g/mol. The molecule has 0 bridgehead atoms. The first-order valence-corrected chi connectivity index (χ1v) is 6.78. The molecule has 92 valence electrons. The molecule has 1 aromatic rings. The highest BCUT2D eigenvalue weighted by Gasteiger charge is 2.20. The Morgan fingerprint density at radius 2 is 2.29 bits per heavy atom.